The molecule has 0 saturated carbocycles. The normalized spacial score (nSPS) is 11.3. The second-order valence-corrected chi connectivity index (χ2v) is 5.74. The van der Waals surface area contributed by atoms with Gasteiger partial charge in [0.05, 0.1) is 15.4 Å². The topological polar surface area (TPSA) is 60.2 Å². The minimum absolute atomic E-state index is 0.0200. The smallest absolute Gasteiger partial charge is 0.276 e. The first kappa shape index (κ1) is 17.3. The van der Waals surface area contributed by atoms with Crippen LogP contribution in [0.4, 0.5) is 18.9 Å². The molecule has 0 radical (unpaired) electrons. The van der Waals surface area contributed by atoms with E-state index in [-0.39, 0.29) is 10.5 Å². The van der Waals surface area contributed by atoms with E-state index in [9.17, 15) is 28.1 Å². The van der Waals surface area contributed by atoms with Crippen molar-refractivity contribution in [1.29, 1.82) is 0 Å². The maximum atomic E-state index is 12.7. The Kier molecular flexibility index (Phi) is 4.96. The average molecular weight is 362 g/mol. The Balaban J connectivity index is 2.49. The molecule has 23 heavy (non-hydrogen) atoms. The van der Waals surface area contributed by atoms with Gasteiger partial charge in [-0.2, -0.15) is 13.2 Å². The molecule has 0 bridgehead atoms. The van der Waals surface area contributed by atoms with E-state index in [0.29, 0.717) is 11.0 Å². The molecule has 0 fully saturated rings. The number of hydrogen-bond donors (Lipinski definition) is 0. The summed E-state index contributed by atoms with van der Waals surface area (Å²) in [5.41, 5.74) is -1.69. The van der Waals surface area contributed by atoms with Gasteiger partial charge in [-0.25, -0.2) is 0 Å². The molecule has 2 rings (SSSR count). The first-order chi connectivity index (χ1) is 10.7. The number of carbonyl (C=O) groups excluding carboxylic acids is 1. The molecule has 9 heteroatoms. The zero-order valence-electron chi connectivity index (χ0n) is 11.1. The molecular weight excluding hydrogens is 355 g/mol. The van der Waals surface area contributed by atoms with Gasteiger partial charge in [-0.15, -0.1) is 0 Å². The molecule has 0 saturated heterocycles. The summed E-state index contributed by atoms with van der Waals surface area (Å²) in [5, 5.41) is 10.3. The van der Waals surface area contributed by atoms with Crippen molar-refractivity contribution in [3.8, 4) is 0 Å². The number of nitro benzene ring substituents is 1. The predicted octanol–water partition coefficient (Wildman–Crippen LogP) is 5.14. The highest BCUT2D eigenvalue weighted by Crippen LogP contribution is 2.40. The van der Waals surface area contributed by atoms with Gasteiger partial charge in [0.1, 0.15) is 0 Å². The summed E-state index contributed by atoms with van der Waals surface area (Å²) in [4.78, 5) is 21.8. The van der Waals surface area contributed by atoms with Crippen LogP contribution < -0.4 is 0 Å². The van der Waals surface area contributed by atoms with Crippen LogP contribution in [0.25, 0.3) is 0 Å². The first-order valence-corrected chi connectivity index (χ1v) is 7.22. The SMILES string of the molecule is O=C(Cl)c1ccccc1Sc1ccc(C(F)(F)F)cc1[N+](=O)[O-]. The number of nitrogens with zero attached hydrogens (tertiary/aromatic N) is 1. The van der Waals surface area contributed by atoms with Gasteiger partial charge >= 0.3 is 6.18 Å². The first-order valence-electron chi connectivity index (χ1n) is 6.02. The Morgan fingerprint density at radius 3 is 2.35 bits per heavy atom. The Hall–Kier alpha value is -2.06. The van der Waals surface area contributed by atoms with Crippen LogP contribution in [0.3, 0.4) is 0 Å². The van der Waals surface area contributed by atoms with Crippen molar-refractivity contribution in [2.75, 3.05) is 0 Å². The molecule has 0 aromatic heterocycles. The van der Waals surface area contributed by atoms with E-state index in [1.807, 2.05) is 0 Å². The largest absolute Gasteiger partial charge is 0.416 e. The lowest BCUT2D eigenvalue weighted by Crippen LogP contribution is -2.06. The van der Waals surface area contributed by atoms with Gasteiger partial charge < -0.3 is 0 Å². The maximum Gasteiger partial charge on any atom is 0.416 e. The number of halogens is 4. The molecule has 0 atom stereocenters. The molecule has 4 nitrogen and oxygen atoms in total. The summed E-state index contributed by atoms with van der Waals surface area (Å²) in [6.45, 7) is 0. The lowest BCUT2D eigenvalue weighted by molar-refractivity contribution is -0.388. The number of alkyl halides is 3. The van der Waals surface area contributed by atoms with Gasteiger partial charge in [0.25, 0.3) is 10.9 Å². The zero-order chi connectivity index (χ0) is 17.2. The van der Waals surface area contributed by atoms with Gasteiger partial charge in [-0.05, 0) is 35.9 Å². The highest BCUT2D eigenvalue weighted by atomic mass is 35.5. The van der Waals surface area contributed by atoms with Crippen LogP contribution in [0.15, 0.2) is 52.3 Å². The fraction of sp³-hybridized carbons (Fsp3) is 0.0714. The van der Waals surface area contributed by atoms with Crippen LogP contribution in [0.1, 0.15) is 15.9 Å². The number of nitro groups is 1. The van der Waals surface area contributed by atoms with Crippen LogP contribution in [0, 0.1) is 10.1 Å². The predicted molar refractivity (Wildman–Crippen MR) is 78.8 cm³/mol. The molecule has 2 aromatic rings. The molecule has 120 valence electrons. The van der Waals surface area contributed by atoms with Gasteiger partial charge in [0.2, 0.25) is 0 Å². The summed E-state index contributed by atoms with van der Waals surface area (Å²) in [6, 6.07) is 8.28. The minimum atomic E-state index is -4.68. The van der Waals surface area contributed by atoms with Crippen molar-refractivity contribution in [3.05, 3.63) is 63.7 Å². The lowest BCUT2D eigenvalue weighted by Gasteiger charge is -2.09. The summed E-state index contributed by atoms with van der Waals surface area (Å²) >= 11 is 6.23. The van der Waals surface area contributed by atoms with Gasteiger partial charge in [0, 0.05) is 16.5 Å². The Morgan fingerprint density at radius 1 is 1.13 bits per heavy atom. The van der Waals surface area contributed by atoms with Crippen molar-refractivity contribution < 1.29 is 22.9 Å². The third-order valence-electron chi connectivity index (χ3n) is 2.80. The maximum absolute atomic E-state index is 12.7. The highest BCUT2D eigenvalue weighted by Gasteiger charge is 2.33. The summed E-state index contributed by atoms with van der Waals surface area (Å²) < 4.78 is 38.0. The van der Waals surface area contributed by atoms with Crippen molar-refractivity contribution in [2.24, 2.45) is 0 Å². The van der Waals surface area contributed by atoms with Crippen LogP contribution in [-0.4, -0.2) is 10.2 Å². The highest BCUT2D eigenvalue weighted by molar-refractivity contribution is 7.99. The molecule has 0 aliphatic rings. The summed E-state index contributed by atoms with van der Waals surface area (Å²) in [5.74, 6) is 0. The second kappa shape index (κ2) is 6.59. The number of rotatable bonds is 4. The molecule has 0 spiro atoms. The van der Waals surface area contributed by atoms with Gasteiger partial charge in [0.15, 0.2) is 0 Å². The molecule has 0 aliphatic carbocycles. The summed E-state index contributed by atoms with van der Waals surface area (Å²) in [6.07, 6.45) is -4.68. The Bertz CT molecular complexity index is 780. The van der Waals surface area contributed by atoms with Crippen LogP contribution in [0.5, 0.6) is 0 Å². The molecule has 0 unspecified atom stereocenters. The van der Waals surface area contributed by atoms with E-state index in [4.69, 9.17) is 11.6 Å². The van der Waals surface area contributed by atoms with E-state index >= 15 is 0 Å². The number of hydrogen-bond acceptors (Lipinski definition) is 4. The minimum Gasteiger partial charge on any atom is -0.276 e. The van der Waals surface area contributed by atoms with E-state index in [0.717, 1.165) is 23.9 Å². The monoisotopic (exact) mass is 361 g/mol. The van der Waals surface area contributed by atoms with Gasteiger partial charge in [-0.1, -0.05) is 23.9 Å². The van der Waals surface area contributed by atoms with E-state index in [1.54, 1.807) is 12.1 Å². The third kappa shape index (κ3) is 4.02. The third-order valence-corrected chi connectivity index (χ3v) is 4.15. The van der Waals surface area contributed by atoms with Crippen molar-refractivity contribution in [3.63, 3.8) is 0 Å². The lowest BCUT2D eigenvalue weighted by atomic mass is 10.2. The second-order valence-electron chi connectivity index (χ2n) is 4.31. The molecular formula is C14H7ClF3NO3S. The summed E-state index contributed by atoms with van der Waals surface area (Å²) in [7, 11) is 0. The Morgan fingerprint density at radius 2 is 1.78 bits per heavy atom. The van der Waals surface area contributed by atoms with Crippen LogP contribution in [-0.2, 0) is 6.18 Å². The molecule has 2 aromatic carbocycles. The number of benzene rings is 2. The Labute approximate surface area is 137 Å². The average Bonchev–Trinajstić information content (AvgIpc) is 2.46. The van der Waals surface area contributed by atoms with E-state index in [1.165, 1.54) is 12.1 Å². The van der Waals surface area contributed by atoms with Gasteiger partial charge in [-0.3, -0.25) is 14.9 Å². The van der Waals surface area contributed by atoms with Crippen LogP contribution in [0.2, 0.25) is 0 Å². The molecule has 0 heterocycles. The molecule has 0 N–H and O–H groups in total. The fourth-order valence-corrected chi connectivity index (χ4v) is 3.01. The van der Waals surface area contributed by atoms with Crippen molar-refractivity contribution in [1.82, 2.24) is 0 Å². The van der Waals surface area contributed by atoms with E-state index in [2.05, 4.69) is 0 Å². The fourth-order valence-electron chi connectivity index (χ4n) is 1.76. The molecule has 0 amide bonds. The standard InChI is InChI=1S/C14H7ClF3NO3S/c15-13(20)9-3-1-2-4-11(9)23-12-6-5-8(14(16,17)18)7-10(12)19(21)22/h1-7H. The van der Waals surface area contributed by atoms with Crippen molar-refractivity contribution >= 4 is 34.3 Å². The molecule has 0 aliphatic heterocycles. The zero-order valence-corrected chi connectivity index (χ0v) is 12.7. The quantitative estimate of drug-likeness (QED) is 0.429. The van der Waals surface area contributed by atoms with Crippen molar-refractivity contribution in [2.45, 2.75) is 16.0 Å². The number of carbonyl (C=O) groups is 1. The van der Waals surface area contributed by atoms with Crippen LogP contribution >= 0.6 is 23.4 Å². The van der Waals surface area contributed by atoms with E-state index < -0.39 is 27.6 Å².